The second kappa shape index (κ2) is 28.5. The van der Waals surface area contributed by atoms with Crippen molar-refractivity contribution >= 4 is 23.9 Å². The SMILES string of the molecule is NCCCCCCCCCNC(N)CCCCCN.O=C(O)CCCCC(=O)O.O=C(O)c1ccc(C(=O)O)cc1. The standard InChI is InChI=1S/C15H36N4.C8H6O4.C6H10O4/c16-12-8-4-2-1-3-5-10-14-19-15(18)11-7-6-9-13-17;9-7(10)5-1-2-6(4-3-5)8(11)12;7-5(8)3-1-2-4-6(9)10/h15,19H,1-14,16-18H2;1-4H,(H,9,10)(H,11,12);1-4H2,(H,7,8)(H,9,10). The van der Waals surface area contributed by atoms with E-state index in [-0.39, 0.29) is 30.1 Å². The first-order chi connectivity index (χ1) is 19.5. The highest BCUT2D eigenvalue weighted by atomic mass is 16.4. The van der Waals surface area contributed by atoms with Gasteiger partial charge in [-0.15, -0.1) is 0 Å². The minimum Gasteiger partial charge on any atom is -0.481 e. The van der Waals surface area contributed by atoms with Gasteiger partial charge in [0, 0.05) is 12.8 Å². The van der Waals surface area contributed by atoms with Crippen molar-refractivity contribution in [2.45, 2.75) is 102 Å². The Morgan fingerprint density at radius 3 is 1.32 bits per heavy atom. The van der Waals surface area contributed by atoms with E-state index >= 15 is 0 Å². The Morgan fingerprint density at radius 2 is 0.951 bits per heavy atom. The molecule has 11 N–H and O–H groups in total. The molecule has 12 heteroatoms. The maximum Gasteiger partial charge on any atom is 0.335 e. The van der Waals surface area contributed by atoms with E-state index in [0.29, 0.717) is 12.8 Å². The number of hydrogen-bond donors (Lipinski definition) is 8. The summed E-state index contributed by atoms with van der Waals surface area (Å²) >= 11 is 0. The fourth-order valence-electron chi connectivity index (χ4n) is 3.54. The van der Waals surface area contributed by atoms with Crippen LogP contribution in [0.3, 0.4) is 0 Å². The summed E-state index contributed by atoms with van der Waals surface area (Å²) in [6, 6.07) is 5.02. The van der Waals surface area contributed by atoms with E-state index in [1.807, 2.05) is 0 Å². The zero-order chi connectivity index (χ0) is 31.3. The Hall–Kier alpha value is -3.06. The second-order valence-electron chi connectivity index (χ2n) is 9.64. The van der Waals surface area contributed by atoms with Crippen LogP contribution < -0.4 is 22.5 Å². The number of aromatic carboxylic acids is 2. The molecule has 1 aromatic carbocycles. The van der Waals surface area contributed by atoms with Crippen LogP contribution in [-0.4, -0.2) is 70.1 Å². The van der Waals surface area contributed by atoms with Crippen molar-refractivity contribution in [1.82, 2.24) is 5.32 Å². The predicted molar refractivity (Wildman–Crippen MR) is 159 cm³/mol. The molecule has 0 heterocycles. The highest BCUT2D eigenvalue weighted by Gasteiger charge is 2.05. The number of unbranched alkanes of at least 4 members (excludes halogenated alkanes) is 9. The Labute approximate surface area is 243 Å². The van der Waals surface area contributed by atoms with Crippen LogP contribution in [0.2, 0.25) is 0 Å². The van der Waals surface area contributed by atoms with Crippen molar-refractivity contribution < 1.29 is 39.6 Å². The molecular formula is C29H52N4O8. The third-order valence-electron chi connectivity index (χ3n) is 5.92. The van der Waals surface area contributed by atoms with Gasteiger partial charge in [-0.05, 0) is 82.4 Å². The second-order valence-corrected chi connectivity index (χ2v) is 9.64. The van der Waals surface area contributed by atoms with Gasteiger partial charge in [0.05, 0.1) is 17.3 Å². The average Bonchev–Trinajstić information content (AvgIpc) is 2.93. The van der Waals surface area contributed by atoms with E-state index in [9.17, 15) is 19.2 Å². The molecule has 0 spiro atoms. The topological polar surface area (TPSA) is 239 Å². The molecule has 1 unspecified atom stereocenters. The first kappa shape index (κ1) is 40.1. The normalized spacial score (nSPS) is 10.9. The van der Waals surface area contributed by atoms with Crippen LogP contribution in [0.1, 0.15) is 117 Å². The largest absolute Gasteiger partial charge is 0.481 e. The molecule has 0 aliphatic rings. The lowest BCUT2D eigenvalue weighted by Crippen LogP contribution is -2.37. The van der Waals surface area contributed by atoms with Crippen molar-refractivity contribution in [2.24, 2.45) is 17.2 Å². The van der Waals surface area contributed by atoms with Crippen LogP contribution >= 0.6 is 0 Å². The first-order valence-electron chi connectivity index (χ1n) is 14.4. The number of nitrogens with one attached hydrogen (secondary N) is 1. The molecule has 0 aromatic heterocycles. The zero-order valence-corrected chi connectivity index (χ0v) is 24.3. The number of rotatable bonds is 22. The van der Waals surface area contributed by atoms with Crippen LogP contribution in [0.5, 0.6) is 0 Å². The minimum absolute atomic E-state index is 0.0628. The summed E-state index contributed by atoms with van der Waals surface area (Å²) < 4.78 is 0. The quantitative estimate of drug-likeness (QED) is 0.0715. The van der Waals surface area contributed by atoms with Crippen LogP contribution in [0, 0.1) is 0 Å². The fourth-order valence-corrected chi connectivity index (χ4v) is 3.54. The van der Waals surface area contributed by atoms with Gasteiger partial charge in [0.15, 0.2) is 0 Å². The van der Waals surface area contributed by atoms with Crippen molar-refractivity contribution in [3.8, 4) is 0 Å². The smallest absolute Gasteiger partial charge is 0.335 e. The van der Waals surface area contributed by atoms with Gasteiger partial charge in [0.25, 0.3) is 0 Å². The molecule has 41 heavy (non-hydrogen) atoms. The van der Waals surface area contributed by atoms with Crippen LogP contribution in [0.25, 0.3) is 0 Å². The molecule has 0 fully saturated rings. The minimum atomic E-state index is -1.06. The Morgan fingerprint density at radius 1 is 0.585 bits per heavy atom. The third-order valence-corrected chi connectivity index (χ3v) is 5.92. The molecule has 0 amide bonds. The number of benzene rings is 1. The molecular weight excluding hydrogens is 532 g/mol. The van der Waals surface area contributed by atoms with Crippen molar-refractivity contribution in [3.05, 3.63) is 35.4 Å². The summed E-state index contributed by atoms with van der Waals surface area (Å²) in [6.07, 6.45) is 14.8. The summed E-state index contributed by atoms with van der Waals surface area (Å²) in [7, 11) is 0. The highest BCUT2D eigenvalue weighted by molar-refractivity contribution is 5.91. The number of aliphatic carboxylic acids is 2. The average molecular weight is 585 g/mol. The lowest BCUT2D eigenvalue weighted by molar-refractivity contribution is -0.139. The van der Waals surface area contributed by atoms with E-state index in [1.165, 1.54) is 82.1 Å². The van der Waals surface area contributed by atoms with Gasteiger partial charge in [0.1, 0.15) is 0 Å². The molecule has 1 aromatic rings. The lowest BCUT2D eigenvalue weighted by atomic mass is 10.1. The molecule has 12 nitrogen and oxygen atoms in total. The van der Waals surface area contributed by atoms with Crippen molar-refractivity contribution in [1.29, 1.82) is 0 Å². The molecule has 0 aliphatic heterocycles. The van der Waals surface area contributed by atoms with Gasteiger partial charge in [0.2, 0.25) is 0 Å². The Kier molecular flexibility index (Phi) is 27.8. The van der Waals surface area contributed by atoms with Gasteiger partial charge >= 0.3 is 23.9 Å². The van der Waals surface area contributed by atoms with Crippen molar-refractivity contribution in [2.75, 3.05) is 19.6 Å². The number of nitrogens with two attached hydrogens (primary N) is 3. The molecule has 0 saturated carbocycles. The zero-order valence-electron chi connectivity index (χ0n) is 24.3. The monoisotopic (exact) mass is 584 g/mol. The lowest BCUT2D eigenvalue weighted by Gasteiger charge is -2.13. The molecule has 1 rings (SSSR count). The fraction of sp³-hybridized carbons (Fsp3) is 0.655. The predicted octanol–water partition coefficient (Wildman–Crippen LogP) is 3.87. The summed E-state index contributed by atoms with van der Waals surface area (Å²) in [6.45, 7) is 2.70. The van der Waals surface area contributed by atoms with E-state index < -0.39 is 23.9 Å². The van der Waals surface area contributed by atoms with Crippen LogP contribution in [-0.2, 0) is 9.59 Å². The van der Waals surface area contributed by atoms with E-state index in [1.54, 1.807) is 0 Å². The summed E-state index contributed by atoms with van der Waals surface area (Å²) in [5.74, 6) is -3.87. The molecule has 236 valence electrons. The van der Waals surface area contributed by atoms with E-state index in [2.05, 4.69) is 5.32 Å². The summed E-state index contributed by atoms with van der Waals surface area (Å²) in [5.41, 5.74) is 17.1. The summed E-state index contributed by atoms with van der Waals surface area (Å²) in [5, 5.41) is 36.6. The highest BCUT2D eigenvalue weighted by Crippen LogP contribution is 2.07. The first-order valence-corrected chi connectivity index (χ1v) is 14.4. The number of carboxylic acid groups (broad SMARTS) is 4. The van der Waals surface area contributed by atoms with Crippen molar-refractivity contribution in [3.63, 3.8) is 0 Å². The summed E-state index contributed by atoms with van der Waals surface area (Å²) in [4.78, 5) is 40.5. The van der Waals surface area contributed by atoms with Gasteiger partial charge in [-0.25, -0.2) is 9.59 Å². The van der Waals surface area contributed by atoms with Gasteiger partial charge in [-0.3, -0.25) is 9.59 Å². The number of hydrogen-bond acceptors (Lipinski definition) is 8. The molecule has 0 aliphatic carbocycles. The Bertz CT molecular complexity index is 773. The van der Waals surface area contributed by atoms with Crippen LogP contribution in [0.15, 0.2) is 24.3 Å². The molecule has 0 radical (unpaired) electrons. The van der Waals surface area contributed by atoms with Gasteiger partial charge in [-0.2, -0.15) is 0 Å². The maximum absolute atomic E-state index is 10.3. The maximum atomic E-state index is 10.3. The number of carbonyl (C=O) groups is 4. The van der Waals surface area contributed by atoms with Gasteiger partial charge in [-0.1, -0.05) is 44.9 Å². The molecule has 0 saturated heterocycles. The van der Waals surface area contributed by atoms with Crippen LogP contribution in [0.4, 0.5) is 0 Å². The Balaban J connectivity index is 0. The third kappa shape index (κ3) is 29.7. The van der Waals surface area contributed by atoms with E-state index in [0.717, 1.165) is 32.5 Å². The molecule has 1 atom stereocenters. The van der Waals surface area contributed by atoms with E-state index in [4.69, 9.17) is 37.6 Å². The van der Waals surface area contributed by atoms with Gasteiger partial charge < -0.3 is 42.9 Å². The number of carboxylic acids is 4. The molecule has 0 bridgehead atoms.